The monoisotopic (exact) mass is 252 g/mol. The molecule has 0 aliphatic heterocycles. The maximum atomic E-state index is 11.6. The molecular formula is C12H20N4O2. The highest BCUT2D eigenvalue weighted by molar-refractivity contribution is 5.82. The Hall–Kier alpha value is -1.98. The number of ether oxygens (including phenoxy) is 1. The third kappa shape index (κ3) is 3.51. The predicted octanol–water partition coefficient (Wildman–Crippen LogP) is 0.635. The molecular weight excluding hydrogens is 232 g/mol. The summed E-state index contributed by atoms with van der Waals surface area (Å²) in [5.41, 5.74) is 6.41. The van der Waals surface area contributed by atoms with Crippen LogP contribution in [0, 0.1) is 0 Å². The average molecular weight is 252 g/mol. The Morgan fingerprint density at radius 3 is 2.78 bits per heavy atom. The third-order valence-electron chi connectivity index (χ3n) is 2.48. The number of nitrogens with two attached hydrogens (primary N) is 1. The molecule has 1 aromatic rings. The zero-order valence-corrected chi connectivity index (χ0v) is 11.1. The van der Waals surface area contributed by atoms with Crippen LogP contribution in [-0.2, 0) is 4.79 Å². The summed E-state index contributed by atoms with van der Waals surface area (Å²) in [6.45, 7) is 5.31. The number of nitrogen functional groups attached to an aromatic ring is 1. The second-order valence-corrected chi connectivity index (χ2v) is 3.73. The smallest absolute Gasteiger partial charge is 0.239 e. The van der Waals surface area contributed by atoms with E-state index in [0.29, 0.717) is 30.5 Å². The normalized spacial score (nSPS) is 9.94. The summed E-state index contributed by atoms with van der Waals surface area (Å²) in [5.74, 6) is 1.00. The lowest BCUT2D eigenvalue weighted by atomic mass is 10.3. The zero-order valence-electron chi connectivity index (χ0n) is 11.1. The summed E-state index contributed by atoms with van der Waals surface area (Å²) in [5, 5.41) is 2.75. The molecule has 0 radical (unpaired) electrons. The summed E-state index contributed by atoms with van der Waals surface area (Å²) in [6.07, 6.45) is 0. The summed E-state index contributed by atoms with van der Waals surface area (Å²) < 4.78 is 5.06. The van der Waals surface area contributed by atoms with Gasteiger partial charge in [0.15, 0.2) is 5.82 Å². The van der Waals surface area contributed by atoms with Crippen molar-refractivity contribution >= 4 is 17.4 Å². The number of carbonyl (C=O) groups excluding carboxylic acids is 1. The van der Waals surface area contributed by atoms with Crippen LogP contribution >= 0.6 is 0 Å². The van der Waals surface area contributed by atoms with Gasteiger partial charge in [0.1, 0.15) is 0 Å². The molecule has 0 aliphatic carbocycles. The van der Waals surface area contributed by atoms with Gasteiger partial charge in [-0.05, 0) is 19.9 Å². The fourth-order valence-corrected chi connectivity index (χ4v) is 1.57. The van der Waals surface area contributed by atoms with E-state index in [-0.39, 0.29) is 12.5 Å². The number of rotatable bonds is 6. The second kappa shape index (κ2) is 6.68. The van der Waals surface area contributed by atoms with E-state index in [1.54, 1.807) is 19.2 Å². The number of hydrogen-bond acceptors (Lipinski definition) is 5. The Morgan fingerprint density at radius 2 is 2.22 bits per heavy atom. The summed E-state index contributed by atoms with van der Waals surface area (Å²) >= 11 is 0. The van der Waals surface area contributed by atoms with Crippen LogP contribution in [-0.4, -0.2) is 37.6 Å². The molecule has 0 bridgehead atoms. The molecule has 0 saturated heterocycles. The van der Waals surface area contributed by atoms with Crippen molar-refractivity contribution in [1.82, 2.24) is 10.3 Å². The van der Waals surface area contributed by atoms with Crippen molar-refractivity contribution in [2.45, 2.75) is 13.8 Å². The van der Waals surface area contributed by atoms with Crippen LogP contribution < -0.4 is 20.7 Å². The van der Waals surface area contributed by atoms with Crippen LogP contribution in [0.25, 0.3) is 0 Å². The van der Waals surface area contributed by atoms with Gasteiger partial charge in [-0.25, -0.2) is 0 Å². The summed E-state index contributed by atoms with van der Waals surface area (Å²) in [4.78, 5) is 17.7. The van der Waals surface area contributed by atoms with Crippen LogP contribution in [0.2, 0.25) is 0 Å². The molecule has 18 heavy (non-hydrogen) atoms. The van der Waals surface area contributed by atoms with E-state index >= 15 is 0 Å². The highest BCUT2D eigenvalue weighted by atomic mass is 16.5. The molecule has 6 heteroatoms. The minimum absolute atomic E-state index is 0.0524. The van der Waals surface area contributed by atoms with Crippen LogP contribution in [0.3, 0.4) is 0 Å². The van der Waals surface area contributed by atoms with Crippen molar-refractivity contribution in [3.05, 3.63) is 12.1 Å². The number of aromatic nitrogens is 1. The molecule has 1 heterocycles. The zero-order chi connectivity index (χ0) is 13.5. The minimum atomic E-state index is -0.0524. The lowest BCUT2D eigenvalue weighted by Gasteiger charge is -2.22. The van der Waals surface area contributed by atoms with Crippen LogP contribution in [0.4, 0.5) is 11.5 Å². The number of pyridine rings is 1. The van der Waals surface area contributed by atoms with Crippen molar-refractivity contribution in [2.75, 3.05) is 37.4 Å². The molecule has 0 unspecified atom stereocenters. The molecule has 100 valence electrons. The Labute approximate surface area is 107 Å². The minimum Gasteiger partial charge on any atom is -0.481 e. The fraction of sp³-hybridized carbons (Fsp3) is 0.500. The van der Waals surface area contributed by atoms with Gasteiger partial charge in [-0.15, -0.1) is 0 Å². The van der Waals surface area contributed by atoms with E-state index < -0.39 is 0 Å². The number of carbonyl (C=O) groups is 1. The number of nitrogens with one attached hydrogen (secondary N) is 1. The van der Waals surface area contributed by atoms with Gasteiger partial charge in [-0.1, -0.05) is 0 Å². The lowest BCUT2D eigenvalue weighted by Crippen LogP contribution is -2.37. The fourth-order valence-electron chi connectivity index (χ4n) is 1.57. The molecule has 0 atom stereocenters. The Morgan fingerprint density at radius 1 is 1.50 bits per heavy atom. The molecule has 0 aromatic carbocycles. The molecule has 0 fully saturated rings. The van der Waals surface area contributed by atoms with Gasteiger partial charge < -0.3 is 20.7 Å². The van der Waals surface area contributed by atoms with Gasteiger partial charge in [0.25, 0.3) is 0 Å². The number of nitrogens with zero attached hydrogens (tertiary/aromatic N) is 2. The highest BCUT2D eigenvalue weighted by Crippen LogP contribution is 2.23. The van der Waals surface area contributed by atoms with Crippen LogP contribution in [0.5, 0.6) is 5.88 Å². The molecule has 6 nitrogen and oxygen atoms in total. The van der Waals surface area contributed by atoms with E-state index in [4.69, 9.17) is 10.5 Å². The number of methoxy groups -OCH3 is 1. The first-order chi connectivity index (χ1) is 8.62. The van der Waals surface area contributed by atoms with Crippen molar-refractivity contribution < 1.29 is 9.53 Å². The average Bonchev–Trinajstić information content (AvgIpc) is 2.37. The first-order valence-electron chi connectivity index (χ1n) is 5.94. The van der Waals surface area contributed by atoms with Crippen molar-refractivity contribution in [3.8, 4) is 5.88 Å². The molecule has 0 saturated carbocycles. The molecule has 0 aliphatic rings. The van der Waals surface area contributed by atoms with Crippen LogP contribution in [0.15, 0.2) is 12.1 Å². The van der Waals surface area contributed by atoms with Gasteiger partial charge in [-0.2, -0.15) is 4.98 Å². The SMILES string of the molecule is CCNC(=O)CN(CC)c1nc(OC)ccc1N. The summed E-state index contributed by atoms with van der Waals surface area (Å²) in [7, 11) is 1.54. The van der Waals surface area contributed by atoms with Gasteiger partial charge in [0.2, 0.25) is 11.8 Å². The van der Waals surface area contributed by atoms with Gasteiger partial charge in [-0.3, -0.25) is 4.79 Å². The first kappa shape index (κ1) is 14.1. The second-order valence-electron chi connectivity index (χ2n) is 3.73. The van der Waals surface area contributed by atoms with Gasteiger partial charge >= 0.3 is 0 Å². The molecule has 1 rings (SSSR count). The van der Waals surface area contributed by atoms with Crippen LogP contribution in [0.1, 0.15) is 13.8 Å². The van der Waals surface area contributed by atoms with Crippen molar-refractivity contribution in [3.63, 3.8) is 0 Å². The third-order valence-corrected chi connectivity index (χ3v) is 2.48. The first-order valence-corrected chi connectivity index (χ1v) is 5.94. The molecule has 1 amide bonds. The van der Waals surface area contributed by atoms with Crippen molar-refractivity contribution in [1.29, 1.82) is 0 Å². The topological polar surface area (TPSA) is 80.5 Å². The van der Waals surface area contributed by atoms with E-state index in [1.807, 2.05) is 18.7 Å². The van der Waals surface area contributed by atoms with Crippen molar-refractivity contribution in [2.24, 2.45) is 0 Å². The quantitative estimate of drug-likeness (QED) is 0.776. The van der Waals surface area contributed by atoms with E-state index in [9.17, 15) is 4.79 Å². The largest absolute Gasteiger partial charge is 0.481 e. The van der Waals surface area contributed by atoms with E-state index in [2.05, 4.69) is 10.3 Å². The maximum absolute atomic E-state index is 11.6. The summed E-state index contributed by atoms with van der Waals surface area (Å²) in [6, 6.07) is 3.42. The van der Waals surface area contributed by atoms with Gasteiger partial charge in [0.05, 0.1) is 19.3 Å². The Balaban J connectivity index is 2.90. The van der Waals surface area contributed by atoms with Gasteiger partial charge in [0, 0.05) is 19.2 Å². The van der Waals surface area contributed by atoms with E-state index in [1.165, 1.54) is 0 Å². The maximum Gasteiger partial charge on any atom is 0.239 e. The number of hydrogen-bond donors (Lipinski definition) is 2. The Kier molecular flexibility index (Phi) is 5.23. The van der Waals surface area contributed by atoms with E-state index in [0.717, 1.165) is 0 Å². The standard InChI is InChI=1S/C12H20N4O2/c1-4-14-10(17)8-16(5-2)12-9(13)6-7-11(15-12)18-3/h6-7H,4-5,8,13H2,1-3H3,(H,14,17). The lowest BCUT2D eigenvalue weighted by molar-refractivity contribution is -0.119. The number of likely N-dealkylation sites (N-methyl/N-ethyl adjacent to an activating group) is 2. The Bertz CT molecular complexity index is 409. The molecule has 0 spiro atoms. The highest BCUT2D eigenvalue weighted by Gasteiger charge is 2.14. The number of amides is 1. The predicted molar refractivity (Wildman–Crippen MR) is 71.8 cm³/mol. The number of anilines is 2. The molecule has 1 aromatic heterocycles. The molecule has 3 N–H and O–H groups in total.